The molecule has 3 nitrogen and oxygen atoms in total. The maximum absolute atomic E-state index is 4.07. The van der Waals surface area contributed by atoms with Crippen LogP contribution in [0.1, 0.15) is 28.1 Å². The Hall–Kier alpha value is -1.09. The highest BCUT2D eigenvalue weighted by atomic mass is 15.0. The van der Waals surface area contributed by atoms with E-state index in [1.165, 1.54) is 12.8 Å². The molecule has 0 saturated carbocycles. The number of pyridine rings is 1. The van der Waals surface area contributed by atoms with Crippen molar-refractivity contribution in [3.05, 3.63) is 24.5 Å². The molecular formula is C12H23N3. The standard InChI is InChI=1S/C10H15N3.C2H6.H2/c1-2-10(8-12-5-1)13-9-3-6-11-7-4-9;1-2;/h1-2,5,8-9,11,13H,3-4,6-7H2;1-2H3;1H. The maximum atomic E-state index is 4.07. The topological polar surface area (TPSA) is 37.0 Å². The van der Waals surface area contributed by atoms with Crippen LogP contribution in [0, 0.1) is 0 Å². The fraction of sp³-hybridized carbons (Fsp3) is 0.583. The minimum absolute atomic E-state index is 0. The molecule has 1 fully saturated rings. The molecule has 1 aromatic rings. The Balaban J connectivity index is 0.000000711. The summed E-state index contributed by atoms with van der Waals surface area (Å²) in [6.07, 6.45) is 6.08. The predicted octanol–water partition coefficient (Wildman–Crippen LogP) is 2.52. The highest BCUT2D eigenvalue weighted by molar-refractivity contribution is 5.40. The molecule has 2 rings (SSSR count). The minimum atomic E-state index is 0. The molecular weight excluding hydrogens is 186 g/mol. The quantitative estimate of drug-likeness (QED) is 0.786. The number of hydrogen-bond donors (Lipinski definition) is 2. The van der Waals surface area contributed by atoms with Crippen LogP contribution in [0.5, 0.6) is 0 Å². The predicted molar refractivity (Wildman–Crippen MR) is 67.2 cm³/mol. The molecule has 0 unspecified atom stereocenters. The molecule has 1 aromatic heterocycles. The number of anilines is 1. The molecule has 1 aliphatic heterocycles. The zero-order valence-corrected chi connectivity index (χ0v) is 9.66. The summed E-state index contributed by atoms with van der Waals surface area (Å²) in [4.78, 5) is 4.07. The molecule has 15 heavy (non-hydrogen) atoms. The Bertz CT molecular complexity index is 248. The molecule has 0 atom stereocenters. The van der Waals surface area contributed by atoms with Gasteiger partial charge in [-0.05, 0) is 38.1 Å². The van der Waals surface area contributed by atoms with Gasteiger partial charge in [-0.15, -0.1) is 0 Å². The lowest BCUT2D eigenvalue weighted by Crippen LogP contribution is -2.35. The van der Waals surface area contributed by atoms with Gasteiger partial charge in [-0.2, -0.15) is 0 Å². The van der Waals surface area contributed by atoms with Gasteiger partial charge in [-0.25, -0.2) is 0 Å². The van der Waals surface area contributed by atoms with Crippen molar-refractivity contribution in [2.24, 2.45) is 0 Å². The second kappa shape index (κ2) is 7.23. The zero-order chi connectivity index (χ0) is 10.9. The van der Waals surface area contributed by atoms with Crippen LogP contribution in [0.25, 0.3) is 0 Å². The fourth-order valence-electron chi connectivity index (χ4n) is 1.65. The van der Waals surface area contributed by atoms with Crippen molar-refractivity contribution in [1.29, 1.82) is 0 Å². The van der Waals surface area contributed by atoms with Gasteiger partial charge in [-0.3, -0.25) is 4.98 Å². The lowest BCUT2D eigenvalue weighted by molar-refractivity contribution is 0.479. The third kappa shape index (κ3) is 4.30. The van der Waals surface area contributed by atoms with Crippen LogP contribution in [-0.2, 0) is 0 Å². The van der Waals surface area contributed by atoms with Crippen LogP contribution in [-0.4, -0.2) is 24.1 Å². The number of piperidine rings is 1. The number of nitrogens with zero attached hydrogens (tertiary/aromatic N) is 1. The minimum Gasteiger partial charge on any atom is -0.381 e. The summed E-state index contributed by atoms with van der Waals surface area (Å²) >= 11 is 0. The molecule has 0 aliphatic carbocycles. The van der Waals surface area contributed by atoms with Crippen LogP contribution in [0.4, 0.5) is 5.69 Å². The van der Waals surface area contributed by atoms with Crippen molar-refractivity contribution in [3.8, 4) is 0 Å². The number of hydrogen-bond acceptors (Lipinski definition) is 3. The zero-order valence-electron chi connectivity index (χ0n) is 9.66. The SMILES string of the molecule is CC.[HH].c1cncc(NC2CCNCC2)c1. The van der Waals surface area contributed by atoms with Gasteiger partial charge >= 0.3 is 0 Å². The average molecular weight is 209 g/mol. The van der Waals surface area contributed by atoms with Gasteiger partial charge in [0, 0.05) is 19.9 Å². The highest BCUT2D eigenvalue weighted by Crippen LogP contribution is 2.11. The first-order valence-electron chi connectivity index (χ1n) is 5.82. The Morgan fingerprint density at radius 3 is 2.73 bits per heavy atom. The summed E-state index contributed by atoms with van der Waals surface area (Å²) in [6.45, 7) is 6.25. The van der Waals surface area contributed by atoms with E-state index in [0.29, 0.717) is 6.04 Å². The number of rotatable bonds is 2. The summed E-state index contributed by atoms with van der Waals surface area (Å²) in [5, 5.41) is 6.82. The number of aromatic nitrogens is 1. The Labute approximate surface area is 93.8 Å². The molecule has 2 N–H and O–H groups in total. The van der Waals surface area contributed by atoms with Gasteiger partial charge < -0.3 is 10.6 Å². The summed E-state index contributed by atoms with van der Waals surface area (Å²) in [7, 11) is 0. The third-order valence-electron chi connectivity index (χ3n) is 2.37. The summed E-state index contributed by atoms with van der Waals surface area (Å²) in [6, 6.07) is 4.64. The van der Waals surface area contributed by atoms with E-state index in [1.807, 2.05) is 26.1 Å². The first-order valence-corrected chi connectivity index (χ1v) is 5.82. The largest absolute Gasteiger partial charge is 0.381 e. The maximum Gasteiger partial charge on any atom is 0.0528 e. The van der Waals surface area contributed by atoms with E-state index in [4.69, 9.17) is 0 Å². The van der Waals surface area contributed by atoms with Crippen molar-refractivity contribution < 1.29 is 1.43 Å². The average Bonchev–Trinajstić information content (AvgIpc) is 2.34. The van der Waals surface area contributed by atoms with E-state index >= 15 is 0 Å². The fourth-order valence-corrected chi connectivity index (χ4v) is 1.65. The molecule has 0 amide bonds. The second-order valence-electron chi connectivity index (χ2n) is 3.41. The van der Waals surface area contributed by atoms with E-state index in [9.17, 15) is 0 Å². The molecule has 0 spiro atoms. The lowest BCUT2D eigenvalue weighted by Gasteiger charge is -2.24. The van der Waals surface area contributed by atoms with Gasteiger partial charge in [0.1, 0.15) is 0 Å². The second-order valence-corrected chi connectivity index (χ2v) is 3.41. The van der Waals surface area contributed by atoms with Crippen LogP contribution in [0.15, 0.2) is 24.5 Å². The van der Waals surface area contributed by atoms with E-state index in [1.54, 1.807) is 6.20 Å². The van der Waals surface area contributed by atoms with Crippen molar-refractivity contribution in [3.63, 3.8) is 0 Å². The van der Waals surface area contributed by atoms with Crippen molar-refractivity contribution >= 4 is 5.69 Å². The third-order valence-corrected chi connectivity index (χ3v) is 2.37. The van der Waals surface area contributed by atoms with Gasteiger partial charge in [0.25, 0.3) is 0 Å². The summed E-state index contributed by atoms with van der Waals surface area (Å²) in [5.74, 6) is 0. The molecule has 0 radical (unpaired) electrons. The molecule has 86 valence electrons. The highest BCUT2D eigenvalue weighted by Gasteiger charge is 2.11. The van der Waals surface area contributed by atoms with E-state index < -0.39 is 0 Å². The molecule has 3 heteroatoms. The van der Waals surface area contributed by atoms with E-state index in [0.717, 1.165) is 18.8 Å². The summed E-state index contributed by atoms with van der Waals surface area (Å²) < 4.78 is 0. The smallest absolute Gasteiger partial charge is 0.0528 e. The Kier molecular flexibility index (Phi) is 5.78. The van der Waals surface area contributed by atoms with Crippen molar-refractivity contribution in [2.75, 3.05) is 18.4 Å². The first kappa shape index (κ1) is 12.0. The Morgan fingerprint density at radius 2 is 2.13 bits per heavy atom. The first-order chi connectivity index (χ1) is 7.45. The molecule has 0 aromatic carbocycles. The normalized spacial score (nSPS) is 16.4. The van der Waals surface area contributed by atoms with Crippen molar-refractivity contribution in [2.45, 2.75) is 32.7 Å². The van der Waals surface area contributed by atoms with Gasteiger partial charge in [0.2, 0.25) is 0 Å². The Morgan fingerprint density at radius 1 is 1.40 bits per heavy atom. The van der Waals surface area contributed by atoms with Crippen LogP contribution < -0.4 is 10.6 Å². The van der Waals surface area contributed by atoms with Crippen LogP contribution in [0.2, 0.25) is 0 Å². The molecule has 1 aliphatic rings. The van der Waals surface area contributed by atoms with Gasteiger partial charge in [0.05, 0.1) is 5.69 Å². The molecule has 2 heterocycles. The number of nitrogens with one attached hydrogen (secondary N) is 2. The van der Waals surface area contributed by atoms with E-state index in [-0.39, 0.29) is 1.43 Å². The monoisotopic (exact) mass is 209 g/mol. The summed E-state index contributed by atoms with van der Waals surface area (Å²) in [5.41, 5.74) is 1.13. The van der Waals surface area contributed by atoms with E-state index in [2.05, 4.69) is 21.7 Å². The van der Waals surface area contributed by atoms with Crippen LogP contribution in [0.3, 0.4) is 0 Å². The molecule has 1 saturated heterocycles. The lowest BCUT2D eigenvalue weighted by atomic mass is 10.1. The molecule has 0 bridgehead atoms. The van der Waals surface area contributed by atoms with Crippen molar-refractivity contribution in [1.82, 2.24) is 10.3 Å². The van der Waals surface area contributed by atoms with Gasteiger partial charge in [-0.1, -0.05) is 13.8 Å². The van der Waals surface area contributed by atoms with Crippen LogP contribution >= 0.6 is 0 Å². The van der Waals surface area contributed by atoms with Gasteiger partial charge in [0.15, 0.2) is 0 Å².